The number of H-pyrrole nitrogens is 1. The Labute approximate surface area is 141 Å². The van der Waals surface area contributed by atoms with Crippen molar-refractivity contribution in [2.24, 2.45) is 0 Å². The summed E-state index contributed by atoms with van der Waals surface area (Å²) >= 11 is 0. The Bertz CT molecular complexity index is 721. The van der Waals surface area contributed by atoms with Gasteiger partial charge in [-0.3, -0.25) is 9.59 Å². The molecule has 1 heterocycles. The summed E-state index contributed by atoms with van der Waals surface area (Å²) < 4.78 is 5.18. The molecule has 0 bridgehead atoms. The molecule has 0 unspecified atom stereocenters. The van der Waals surface area contributed by atoms with Crippen LogP contribution in [0, 0.1) is 0 Å². The molecule has 130 valence electrons. The first-order valence-corrected chi connectivity index (χ1v) is 8.09. The zero-order valence-electron chi connectivity index (χ0n) is 14.3. The first-order chi connectivity index (χ1) is 11.4. The Morgan fingerprint density at radius 1 is 1.29 bits per heavy atom. The lowest BCUT2D eigenvalue weighted by Crippen LogP contribution is -2.28. The fraction of sp³-hybridized carbons (Fsp3) is 0.444. The topological polar surface area (TPSA) is 82.6 Å². The van der Waals surface area contributed by atoms with E-state index in [2.05, 4.69) is 30.8 Å². The maximum Gasteiger partial charge on any atom is 0.311 e. The van der Waals surface area contributed by atoms with Crippen molar-refractivity contribution in [1.29, 1.82) is 0 Å². The van der Waals surface area contributed by atoms with E-state index in [1.165, 1.54) is 5.56 Å². The van der Waals surface area contributed by atoms with Crippen LogP contribution in [0.5, 0.6) is 5.75 Å². The molecule has 0 saturated heterocycles. The van der Waals surface area contributed by atoms with Crippen molar-refractivity contribution in [2.45, 2.75) is 39.2 Å². The number of benzene rings is 1. The summed E-state index contributed by atoms with van der Waals surface area (Å²) in [6, 6.07) is 5.94. The molecule has 0 radical (unpaired) electrons. The summed E-state index contributed by atoms with van der Waals surface area (Å²) in [5.41, 5.74) is 2.13. The van der Waals surface area contributed by atoms with Crippen molar-refractivity contribution in [3.8, 4) is 5.75 Å². The third-order valence-corrected chi connectivity index (χ3v) is 4.13. The summed E-state index contributed by atoms with van der Waals surface area (Å²) in [5, 5.41) is 9.69. The summed E-state index contributed by atoms with van der Waals surface area (Å²) in [4.78, 5) is 27.6. The van der Waals surface area contributed by atoms with Crippen molar-refractivity contribution in [3.05, 3.63) is 30.0 Å². The molecule has 0 aliphatic rings. The SMILES string of the molecule is CC(C)N(C)CCc1c[nH]c2cc(OC(=O)CCC(=O)O)ccc12. The highest BCUT2D eigenvalue weighted by Crippen LogP contribution is 2.24. The van der Waals surface area contributed by atoms with Crippen molar-refractivity contribution in [2.75, 3.05) is 13.6 Å². The predicted octanol–water partition coefficient (Wildman–Crippen LogP) is 2.82. The van der Waals surface area contributed by atoms with E-state index in [1.807, 2.05) is 12.3 Å². The molecule has 0 saturated carbocycles. The monoisotopic (exact) mass is 332 g/mol. The predicted molar refractivity (Wildman–Crippen MR) is 92.3 cm³/mol. The zero-order chi connectivity index (χ0) is 17.7. The highest BCUT2D eigenvalue weighted by Gasteiger charge is 2.11. The van der Waals surface area contributed by atoms with Crippen molar-refractivity contribution in [1.82, 2.24) is 9.88 Å². The van der Waals surface area contributed by atoms with E-state index in [9.17, 15) is 9.59 Å². The van der Waals surface area contributed by atoms with Gasteiger partial charge in [0.2, 0.25) is 0 Å². The molecule has 0 aliphatic heterocycles. The van der Waals surface area contributed by atoms with Crippen LogP contribution in [0.2, 0.25) is 0 Å². The van der Waals surface area contributed by atoms with Crippen LogP contribution >= 0.6 is 0 Å². The van der Waals surface area contributed by atoms with E-state index >= 15 is 0 Å². The van der Waals surface area contributed by atoms with Gasteiger partial charge in [0.05, 0.1) is 12.8 Å². The van der Waals surface area contributed by atoms with Gasteiger partial charge < -0.3 is 19.7 Å². The van der Waals surface area contributed by atoms with Gasteiger partial charge in [-0.1, -0.05) is 0 Å². The van der Waals surface area contributed by atoms with Crippen LogP contribution in [0.15, 0.2) is 24.4 Å². The Kier molecular flexibility index (Phi) is 5.98. The first kappa shape index (κ1) is 18.0. The van der Waals surface area contributed by atoms with Gasteiger partial charge in [0, 0.05) is 35.8 Å². The van der Waals surface area contributed by atoms with Crippen LogP contribution in [0.1, 0.15) is 32.3 Å². The van der Waals surface area contributed by atoms with E-state index in [0.717, 1.165) is 23.9 Å². The number of carboxylic acid groups (broad SMARTS) is 1. The van der Waals surface area contributed by atoms with E-state index in [0.29, 0.717) is 11.8 Å². The third-order valence-electron chi connectivity index (χ3n) is 4.13. The number of fused-ring (bicyclic) bond motifs is 1. The van der Waals surface area contributed by atoms with Gasteiger partial charge in [0.1, 0.15) is 5.75 Å². The van der Waals surface area contributed by atoms with Crippen LogP contribution in [-0.4, -0.2) is 46.6 Å². The number of aliphatic carboxylic acids is 1. The van der Waals surface area contributed by atoms with Crippen LogP contribution in [0.4, 0.5) is 0 Å². The van der Waals surface area contributed by atoms with Gasteiger partial charge in [-0.25, -0.2) is 0 Å². The molecule has 2 aromatic rings. The fourth-order valence-corrected chi connectivity index (χ4v) is 2.38. The smallest absolute Gasteiger partial charge is 0.311 e. The fourth-order valence-electron chi connectivity index (χ4n) is 2.38. The molecule has 2 rings (SSSR count). The summed E-state index contributed by atoms with van der Waals surface area (Å²) in [5.74, 6) is -1.13. The van der Waals surface area contributed by atoms with Crippen LogP contribution in [-0.2, 0) is 16.0 Å². The van der Waals surface area contributed by atoms with Gasteiger partial charge >= 0.3 is 11.9 Å². The van der Waals surface area contributed by atoms with Crippen LogP contribution in [0.3, 0.4) is 0 Å². The molecule has 0 fully saturated rings. The highest BCUT2D eigenvalue weighted by atomic mass is 16.5. The second-order valence-corrected chi connectivity index (χ2v) is 6.21. The number of nitrogens with one attached hydrogen (secondary N) is 1. The second-order valence-electron chi connectivity index (χ2n) is 6.21. The van der Waals surface area contributed by atoms with Gasteiger partial charge in [0.15, 0.2) is 0 Å². The first-order valence-electron chi connectivity index (χ1n) is 8.09. The van der Waals surface area contributed by atoms with E-state index in [1.54, 1.807) is 12.1 Å². The molecule has 6 nitrogen and oxygen atoms in total. The Balaban J connectivity index is 2.02. The molecule has 0 amide bonds. The quantitative estimate of drug-likeness (QED) is 0.574. The number of likely N-dealkylation sites (N-methyl/N-ethyl adjacent to an activating group) is 1. The largest absolute Gasteiger partial charge is 0.481 e. The highest BCUT2D eigenvalue weighted by molar-refractivity contribution is 5.85. The van der Waals surface area contributed by atoms with Gasteiger partial charge in [-0.15, -0.1) is 0 Å². The molecule has 0 spiro atoms. The normalized spacial score (nSPS) is 11.4. The lowest BCUT2D eigenvalue weighted by atomic mass is 10.1. The molecule has 0 aliphatic carbocycles. The van der Waals surface area contributed by atoms with Crippen molar-refractivity contribution in [3.63, 3.8) is 0 Å². The minimum atomic E-state index is -1.01. The maximum atomic E-state index is 11.6. The van der Waals surface area contributed by atoms with Crippen LogP contribution < -0.4 is 4.74 Å². The Hall–Kier alpha value is -2.34. The number of aromatic nitrogens is 1. The minimum absolute atomic E-state index is 0.134. The summed E-state index contributed by atoms with van der Waals surface area (Å²) in [6.07, 6.45) is 2.56. The molecule has 24 heavy (non-hydrogen) atoms. The molecular formula is C18H24N2O4. The molecular weight excluding hydrogens is 308 g/mol. The average molecular weight is 332 g/mol. The number of carbonyl (C=O) groups is 2. The molecule has 6 heteroatoms. The number of hydrogen-bond acceptors (Lipinski definition) is 4. The summed E-state index contributed by atoms with van der Waals surface area (Å²) in [6.45, 7) is 5.30. The molecule has 1 aromatic heterocycles. The van der Waals surface area contributed by atoms with Gasteiger partial charge in [-0.2, -0.15) is 0 Å². The van der Waals surface area contributed by atoms with Crippen molar-refractivity contribution < 1.29 is 19.4 Å². The number of rotatable bonds is 8. The second kappa shape index (κ2) is 7.97. The van der Waals surface area contributed by atoms with Crippen molar-refractivity contribution >= 4 is 22.8 Å². The number of esters is 1. The number of aromatic amines is 1. The molecule has 1 aromatic carbocycles. The number of carbonyl (C=O) groups excluding carboxylic acids is 1. The number of hydrogen-bond donors (Lipinski definition) is 2. The number of nitrogens with zero attached hydrogens (tertiary/aromatic N) is 1. The lowest BCUT2D eigenvalue weighted by molar-refractivity contribution is -0.142. The number of ether oxygens (including phenoxy) is 1. The molecule has 0 atom stereocenters. The van der Waals surface area contributed by atoms with E-state index in [-0.39, 0.29) is 12.8 Å². The van der Waals surface area contributed by atoms with E-state index < -0.39 is 11.9 Å². The third kappa shape index (κ3) is 4.83. The molecule has 2 N–H and O–H groups in total. The minimum Gasteiger partial charge on any atom is -0.481 e. The Morgan fingerprint density at radius 2 is 2.04 bits per heavy atom. The maximum absolute atomic E-state index is 11.6. The van der Waals surface area contributed by atoms with Gasteiger partial charge in [0.25, 0.3) is 0 Å². The lowest BCUT2D eigenvalue weighted by Gasteiger charge is -2.20. The summed E-state index contributed by atoms with van der Waals surface area (Å²) in [7, 11) is 2.11. The standard InChI is InChI=1S/C18H24N2O4/c1-12(2)20(3)9-8-13-11-19-16-10-14(4-5-15(13)16)24-18(23)7-6-17(21)22/h4-5,10-12,19H,6-9H2,1-3H3,(H,21,22). The number of carboxylic acids is 1. The average Bonchev–Trinajstić information content (AvgIpc) is 2.92. The zero-order valence-corrected chi connectivity index (χ0v) is 14.3. The Morgan fingerprint density at radius 3 is 2.71 bits per heavy atom. The van der Waals surface area contributed by atoms with E-state index in [4.69, 9.17) is 9.84 Å². The van der Waals surface area contributed by atoms with Gasteiger partial charge in [-0.05, 0) is 45.0 Å². The van der Waals surface area contributed by atoms with Crippen LogP contribution in [0.25, 0.3) is 10.9 Å².